The Morgan fingerprint density at radius 1 is 0.667 bits per heavy atom. The largest absolute Gasteiger partial charge is 1.00 e. The first-order valence-electron chi connectivity index (χ1n) is 8.13. The minimum absolute atomic E-state index is 0. The molecule has 0 atom stereocenters. The van der Waals surface area contributed by atoms with Gasteiger partial charge in [-0.2, -0.15) is 0 Å². The first-order chi connectivity index (χ1) is 11.6. The Labute approximate surface area is 203 Å². The summed E-state index contributed by atoms with van der Waals surface area (Å²) < 4.78 is 21.6. The normalized spacial score (nSPS) is 13.0. The average molecular weight is 446 g/mol. The van der Waals surface area contributed by atoms with Crippen LogP contribution in [0.3, 0.4) is 0 Å². The van der Waals surface area contributed by atoms with E-state index in [1.165, 1.54) is 0 Å². The van der Waals surface area contributed by atoms with Gasteiger partial charge in [0.05, 0.1) is 5.45 Å². The van der Waals surface area contributed by atoms with Gasteiger partial charge in [-0.3, -0.25) is 4.57 Å². The van der Waals surface area contributed by atoms with E-state index in [0.717, 1.165) is 44.9 Å². The second kappa shape index (κ2) is 18.0. The summed E-state index contributed by atoms with van der Waals surface area (Å²) in [6, 6.07) is 0. The Balaban J connectivity index is -0.00000288. The van der Waals surface area contributed by atoms with Crippen molar-refractivity contribution in [3.05, 3.63) is 0 Å². The maximum Gasteiger partial charge on any atom is 1.00 e. The van der Waals surface area contributed by atoms with Crippen LogP contribution in [0.2, 0.25) is 0 Å². The van der Waals surface area contributed by atoms with Crippen molar-refractivity contribution in [2.75, 3.05) is 0 Å². The van der Waals surface area contributed by atoms with Gasteiger partial charge in [0.1, 0.15) is 0 Å². The third-order valence-corrected chi connectivity index (χ3v) is 5.61. The number of hydrogen-bond acceptors (Lipinski definition) is 8. The van der Waals surface area contributed by atoms with E-state index in [1.54, 1.807) is 0 Å². The van der Waals surface area contributed by atoms with E-state index < -0.39 is 26.1 Å². The van der Waals surface area contributed by atoms with Crippen LogP contribution in [0.25, 0.3) is 0 Å². The summed E-state index contributed by atoms with van der Waals surface area (Å²) in [6.45, 7) is 0. The zero-order valence-electron chi connectivity index (χ0n) is 16.0. The molecule has 27 heavy (non-hydrogen) atoms. The third kappa shape index (κ3) is 17.8. The third-order valence-electron chi connectivity index (χ3n) is 3.68. The van der Waals surface area contributed by atoms with E-state index in [1.807, 2.05) is 0 Å². The molecule has 0 aliphatic heterocycles. The van der Waals surface area contributed by atoms with E-state index in [0.29, 0.717) is 12.8 Å². The van der Waals surface area contributed by atoms with Crippen molar-refractivity contribution >= 4 is 26.1 Å². The summed E-state index contributed by atoms with van der Waals surface area (Å²) >= 11 is 0. The zero-order valence-corrected chi connectivity index (χ0v) is 21.8. The summed E-state index contributed by atoms with van der Waals surface area (Å²) in [6.07, 6.45) is 7.20. The van der Waals surface area contributed by atoms with Gasteiger partial charge in [0, 0.05) is 6.42 Å². The molecule has 0 heterocycles. The Kier molecular flexibility index (Phi) is 22.0. The number of oxime groups is 2. The molecule has 0 aliphatic carbocycles. The molecule has 0 aromatic rings. The number of hydrogen-bond donors (Lipinski definition) is 4. The van der Waals surface area contributed by atoms with Gasteiger partial charge < -0.3 is 34.6 Å². The van der Waals surface area contributed by atoms with Crippen LogP contribution in [0.5, 0.6) is 0 Å². The van der Waals surface area contributed by atoms with Crippen LogP contribution in [0.1, 0.15) is 70.6 Å². The van der Waals surface area contributed by atoms with Crippen molar-refractivity contribution in [3.63, 3.8) is 0 Å². The van der Waals surface area contributed by atoms with Crippen molar-refractivity contribution in [2.45, 2.75) is 70.6 Å². The van der Waals surface area contributed by atoms with E-state index in [-0.39, 0.29) is 72.0 Å². The second-order valence-corrected chi connectivity index (χ2v) is 8.87. The van der Waals surface area contributed by atoms with E-state index in [4.69, 9.17) is 20.2 Å². The van der Waals surface area contributed by atoms with Crippen molar-refractivity contribution < 1.29 is 98.2 Å². The molecule has 0 bridgehead atoms. The summed E-state index contributed by atoms with van der Waals surface area (Å²) in [7, 11) is -9.40. The van der Waals surface area contributed by atoms with Crippen LogP contribution in [-0.4, -0.2) is 31.1 Å². The first kappa shape index (κ1) is 32.9. The monoisotopic (exact) mass is 446 g/mol. The number of unbranched alkanes of at least 4 members (excludes halogenated alkanes) is 8. The van der Waals surface area contributed by atoms with Gasteiger partial charge in [-0.1, -0.05) is 55.3 Å². The van der Waals surface area contributed by atoms with Gasteiger partial charge >= 0.3 is 66.7 Å². The van der Waals surface area contributed by atoms with Gasteiger partial charge in [0.25, 0.3) is 0 Å². The minimum atomic E-state index is -4.95. The van der Waals surface area contributed by atoms with Crippen LogP contribution in [0.4, 0.5) is 0 Å². The molecule has 4 N–H and O–H groups in total. The molecular weight excluding hydrogens is 420 g/mol. The van der Waals surface area contributed by atoms with Crippen LogP contribution in [0.15, 0.2) is 10.3 Å². The van der Waals surface area contributed by atoms with Crippen molar-refractivity contribution in [3.8, 4) is 0 Å². The molecule has 148 valence electrons. The molecule has 0 amide bonds. The SMILES string of the molecule is O=P([O-])([O-])C(CCCCCCCCCCCC(=NO)P(=O)(O)O)=NO.[Na+].[Na+]. The fourth-order valence-electron chi connectivity index (χ4n) is 2.30. The Morgan fingerprint density at radius 2 is 0.963 bits per heavy atom. The van der Waals surface area contributed by atoms with E-state index >= 15 is 0 Å². The smallest absolute Gasteiger partial charge is 0.806 e. The van der Waals surface area contributed by atoms with Gasteiger partial charge in [0.15, 0.2) is 5.45 Å². The maximum atomic E-state index is 10.9. The Hall–Kier alpha value is 1.24. The molecule has 0 saturated heterocycles. The summed E-state index contributed by atoms with van der Waals surface area (Å²) in [5.74, 6) is 0. The fraction of sp³-hybridized carbons (Fsp3) is 0.846. The summed E-state index contributed by atoms with van der Waals surface area (Å²) in [5.41, 5.74) is -1.19. The van der Waals surface area contributed by atoms with Gasteiger partial charge in [-0.15, -0.1) is 0 Å². The van der Waals surface area contributed by atoms with E-state index in [2.05, 4.69) is 10.3 Å². The molecule has 0 fully saturated rings. The van der Waals surface area contributed by atoms with Crippen LogP contribution < -0.4 is 68.9 Å². The minimum Gasteiger partial charge on any atom is -0.806 e. The van der Waals surface area contributed by atoms with Crippen LogP contribution in [0, 0.1) is 0 Å². The molecule has 0 aromatic heterocycles. The molecule has 0 saturated carbocycles. The average Bonchev–Trinajstić information content (AvgIpc) is 2.49. The molecule has 0 spiro atoms. The van der Waals surface area contributed by atoms with Gasteiger partial charge in [-0.05, 0) is 26.9 Å². The van der Waals surface area contributed by atoms with Gasteiger partial charge in [-0.25, -0.2) is 0 Å². The molecule has 0 radical (unpaired) electrons. The molecule has 14 heteroatoms. The van der Waals surface area contributed by atoms with Gasteiger partial charge in [0.2, 0.25) is 0 Å². The quantitative estimate of drug-likeness (QED) is 0.0518. The standard InChI is InChI=1S/C13H28N2O8P2.2Na/c16-14-12(24(18,19)20)10-8-6-4-2-1-3-5-7-9-11-13(15-17)25(21,22)23;;/h16-17H,1-11H2,(H2,18,19,20)(H2,21,22,23);;/q;2*+1/p-2. The first-order valence-corrected chi connectivity index (χ1v) is 11.3. The van der Waals surface area contributed by atoms with Crippen LogP contribution in [-0.2, 0) is 9.13 Å². The molecule has 0 unspecified atom stereocenters. The number of nitrogens with zero attached hydrogens (tertiary/aromatic N) is 2. The molecular formula is C13H26N2Na2O8P2. The Bertz CT molecular complexity index is 490. The fourth-order valence-corrected chi connectivity index (χ4v) is 3.41. The van der Waals surface area contributed by atoms with Crippen molar-refractivity contribution in [2.24, 2.45) is 10.3 Å². The predicted octanol–water partition coefficient (Wildman–Crippen LogP) is -4.05. The van der Waals surface area contributed by atoms with Crippen molar-refractivity contribution in [1.29, 1.82) is 0 Å². The molecule has 10 nitrogen and oxygen atoms in total. The molecule has 0 rings (SSSR count). The Morgan fingerprint density at radius 3 is 1.22 bits per heavy atom. The molecule has 0 aliphatic rings. The van der Waals surface area contributed by atoms with Crippen molar-refractivity contribution in [1.82, 2.24) is 0 Å². The van der Waals surface area contributed by atoms with E-state index in [9.17, 15) is 18.9 Å². The topological polar surface area (TPSA) is 186 Å². The number of rotatable bonds is 14. The predicted molar refractivity (Wildman–Crippen MR) is 88.9 cm³/mol. The maximum absolute atomic E-state index is 10.9. The molecule has 0 aromatic carbocycles. The summed E-state index contributed by atoms with van der Waals surface area (Å²) in [5, 5.41) is 22.1. The summed E-state index contributed by atoms with van der Waals surface area (Å²) in [4.78, 5) is 39.1. The second-order valence-electron chi connectivity index (χ2n) is 5.76. The van der Waals surface area contributed by atoms with Crippen LogP contribution >= 0.6 is 15.2 Å². The zero-order chi connectivity index (χ0) is 19.3.